The zero-order chi connectivity index (χ0) is 18.7. The summed E-state index contributed by atoms with van der Waals surface area (Å²) in [5.74, 6) is 1.42. The second-order valence-corrected chi connectivity index (χ2v) is 6.69. The maximum absolute atomic E-state index is 12.2. The molecule has 0 bridgehead atoms. The Labute approximate surface area is 161 Å². The number of hydrogen-bond donors (Lipinski definition) is 0. The normalized spacial score (nSPS) is 15.0. The molecule has 4 nitrogen and oxygen atoms in total. The average Bonchev–Trinajstić information content (AvgIpc) is 2.98. The van der Waals surface area contributed by atoms with Crippen LogP contribution in [-0.4, -0.2) is 19.7 Å². The van der Waals surface area contributed by atoms with Crippen LogP contribution in [0.5, 0.6) is 11.5 Å². The van der Waals surface area contributed by atoms with Gasteiger partial charge in [-0.1, -0.05) is 29.8 Å². The summed E-state index contributed by atoms with van der Waals surface area (Å²) in [5, 5.41) is 0. The molecule has 0 radical (unpaired) electrons. The van der Waals surface area contributed by atoms with E-state index < -0.39 is 0 Å². The van der Waals surface area contributed by atoms with E-state index in [4.69, 9.17) is 14.2 Å². The van der Waals surface area contributed by atoms with Crippen LogP contribution >= 0.6 is 15.9 Å². The molecule has 1 aliphatic rings. The maximum Gasteiger partial charge on any atom is 0.343 e. The Morgan fingerprint density at radius 1 is 1.19 bits per heavy atom. The van der Waals surface area contributed by atoms with Crippen molar-refractivity contribution in [2.45, 2.75) is 13.8 Å². The van der Waals surface area contributed by atoms with Crippen molar-refractivity contribution < 1.29 is 19.0 Å². The number of hydrogen-bond acceptors (Lipinski definition) is 4. The van der Waals surface area contributed by atoms with Crippen molar-refractivity contribution in [3.8, 4) is 11.5 Å². The van der Waals surface area contributed by atoms with Crippen LogP contribution in [0.2, 0.25) is 0 Å². The number of esters is 1. The smallest absolute Gasteiger partial charge is 0.343 e. The van der Waals surface area contributed by atoms with Gasteiger partial charge in [-0.05, 0) is 59.6 Å². The molecule has 0 fully saturated rings. The standard InChI is InChI=1S/C21H19BrO4/c1-4-25-20-17(22)10-14(11-19(20)24-3)9-16-12-18(26-21(16)23)15-7-5-13(2)6-8-15/h5-12H,4H2,1-3H3/b16-9-. The van der Waals surface area contributed by atoms with E-state index in [1.54, 1.807) is 19.3 Å². The summed E-state index contributed by atoms with van der Waals surface area (Å²) in [4.78, 5) is 12.2. The third kappa shape index (κ3) is 3.83. The van der Waals surface area contributed by atoms with Crippen LogP contribution in [0.4, 0.5) is 0 Å². The Hall–Kier alpha value is -2.53. The number of aryl methyl sites for hydroxylation is 1. The molecule has 0 aliphatic carbocycles. The van der Waals surface area contributed by atoms with E-state index in [2.05, 4.69) is 15.9 Å². The van der Waals surface area contributed by atoms with Gasteiger partial charge in [0.2, 0.25) is 0 Å². The molecule has 1 aliphatic heterocycles. The first kappa shape index (κ1) is 18.3. The molecular formula is C21H19BrO4. The number of ether oxygens (including phenoxy) is 3. The minimum Gasteiger partial charge on any atom is -0.493 e. The largest absolute Gasteiger partial charge is 0.493 e. The molecule has 2 aromatic rings. The van der Waals surface area contributed by atoms with Gasteiger partial charge in [-0.2, -0.15) is 0 Å². The Kier molecular flexibility index (Phi) is 5.47. The third-order valence-corrected chi connectivity index (χ3v) is 4.51. The van der Waals surface area contributed by atoms with Gasteiger partial charge in [0.1, 0.15) is 5.76 Å². The highest BCUT2D eigenvalue weighted by Gasteiger charge is 2.22. The van der Waals surface area contributed by atoms with Gasteiger partial charge in [-0.3, -0.25) is 0 Å². The number of carbonyl (C=O) groups is 1. The van der Waals surface area contributed by atoms with Gasteiger partial charge in [0.15, 0.2) is 11.5 Å². The fraction of sp³-hybridized carbons (Fsp3) is 0.190. The lowest BCUT2D eigenvalue weighted by Crippen LogP contribution is -1.98. The zero-order valence-electron chi connectivity index (χ0n) is 14.8. The van der Waals surface area contributed by atoms with E-state index in [0.717, 1.165) is 21.2 Å². The van der Waals surface area contributed by atoms with Crippen molar-refractivity contribution >= 4 is 33.7 Å². The molecule has 0 amide bonds. The third-order valence-electron chi connectivity index (χ3n) is 3.92. The number of rotatable bonds is 5. The summed E-state index contributed by atoms with van der Waals surface area (Å²) < 4.78 is 17.2. The van der Waals surface area contributed by atoms with Crippen molar-refractivity contribution in [1.29, 1.82) is 0 Å². The van der Waals surface area contributed by atoms with Crippen molar-refractivity contribution in [3.63, 3.8) is 0 Å². The van der Waals surface area contributed by atoms with Gasteiger partial charge in [0, 0.05) is 5.56 Å². The monoisotopic (exact) mass is 414 g/mol. The highest BCUT2D eigenvalue weighted by atomic mass is 79.9. The van der Waals surface area contributed by atoms with Crippen LogP contribution in [0.3, 0.4) is 0 Å². The minimum absolute atomic E-state index is 0.371. The van der Waals surface area contributed by atoms with Crippen LogP contribution in [0.1, 0.15) is 23.6 Å². The van der Waals surface area contributed by atoms with Crippen molar-refractivity contribution in [3.05, 3.63) is 69.2 Å². The van der Waals surface area contributed by atoms with Gasteiger partial charge in [0.05, 0.1) is 23.8 Å². The van der Waals surface area contributed by atoms with E-state index in [1.165, 1.54) is 0 Å². The lowest BCUT2D eigenvalue weighted by Gasteiger charge is -2.12. The van der Waals surface area contributed by atoms with E-state index in [9.17, 15) is 4.79 Å². The molecule has 134 valence electrons. The SMILES string of the molecule is CCOc1c(Br)cc(/C=C2/C=C(c3ccc(C)cc3)OC2=O)cc1OC. The van der Waals surface area contributed by atoms with Crippen LogP contribution in [-0.2, 0) is 9.53 Å². The molecule has 0 saturated heterocycles. The Morgan fingerprint density at radius 3 is 2.58 bits per heavy atom. The highest BCUT2D eigenvalue weighted by Crippen LogP contribution is 2.38. The first-order valence-corrected chi connectivity index (χ1v) is 9.04. The van der Waals surface area contributed by atoms with Gasteiger partial charge >= 0.3 is 5.97 Å². The Morgan fingerprint density at radius 2 is 1.92 bits per heavy atom. The fourth-order valence-corrected chi connectivity index (χ4v) is 3.21. The quantitative estimate of drug-likeness (QED) is 0.501. The maximum atomic E-state index is 12.2. The summed E-state index contributed by atoms with van der Waals surface area (Å²) >= 11 is 3.49. The number of cyclic esters (lactones) is 1. The van der Waals surface area contributed by atoms with E-state index in [1.807, 2.05) is 50.2 Å². The molecule has 5 heteroatoms. The molecule has 3 rings (SSSR count). The molecular weight excluding hydrogens is 396 g/mol. The van der Waals surface area contributed by atoms with E-state index in [-0.39, 0.29) is 5.97 Å². The first-order chi connectivity index (χ1) is 12.5. The summed E-state index contributed by atoms with van der Waals surface area (Å²) in [7, 11) is 1.58. The molecule has 0 N–H and O–H groups in total. The van der Waals surface area contributed by atoms with Crippen molar-refractivity contribution in [1.82, 2.24) is 0 Å². The topological polar surface area (TPSA) is 44.8 Å². The molecule has 1 heterocycles. The molecule has 0 saturated carbocycles. The van der Waals surface area contributed by atoms with Crippen LogP contribution in [0.25, 0.3) is 11.8 Å². The van der Waals surface area contributed by atoms with Crippen molar-refractivity contribution in [2.75, 3.05) is 13.7 Å². The molecule has 2 aromatic carbocycles. The second kappa shape index (κ2) is 7.79. The summed E-state index contributed by atoms with van der Waals surface area (Å²) in [6.45, 7) is 4.46. The summed E-state index contributed by atoms with van der Waals surface area (Å²) in [6, 6.07) is 11.6. The van der Waals surface area contributed by atoms with Crippen LogP contribution in [0.15, 0.2) is 52.5 Å². The van der Waals surface area contributed by atoms with Crippen LogP contribution < -0.4 is 9.47 Å². The molecule has 0 spiro atoms. The predicted molar refractivity (Wildman–Crippen MR) is 105 cm³/mol. The molecule has 26 heavy (non-hydrogen) atoms. The lowest BCUT2D eigenvalue weighted by atomic mass is 10.1. The molecule has 0 aromatic heterocycles. The Bertz CT molecular complexity index is 895. The van der Waals surface area contributed by atoms with E-state index >= 15 is 0 Å². The highest BCUT2D eigenvalue weighted by molar-refractivity contribution is 9.10. The Balaban J connectivity index is 1.95. The average molecular weight is 415 g/mol. The first-order valence-electron chi connectivity index (χ1n) is 8.24. The van der Waals surface area contributed by atoms with Gasteiger partial charge in [-0.25, -0.2) is 4.79 Å². The zero-order valence-corrected chi connectivity index (χ0v) is 16.4. The van der Waals surface area contributed by atoms with Crippen LogP contribution in [0, 0.1) is 6.92 Å². The number of halogens is 1. The van der Waals surface area contributed by atoms with Gasteiger partial charge < -0.3 is 14.2 Å². The fourth-order valence-electron chi connectivity index (χ4n) is 2.64. The summed E-state index contributed by atoms with van der Waals surface area (Å²) in [6.07, 6.45) is 3.52. The van der Waals surface area contributed by atoms with E-state index in [0.29, 0.717) is 29.4 Å². The van der Waals surface area contributed by atoms with Crippen molar-refractivity contribution in [2.24, 2.45) is 0 Å². The van der Waals surface area contributed by atoms with Gasteiger partial charge in [0.25, 0.3) is 0 Å². The number of carbonyl (C=O) groups excluding carboxylic acids is 1. The molecule has 0 unspecified atom stereocenters. The second-order valence-electron chi connectivity index (χ2n) is 5.83. The minimum atomic E-state index is -0.371. The summed E-state index contributed by atoms with van der Waals surface area (Å²) in [5.41, 5.74) is 3.32. The predicted octanol–water partition coefficient (Wildman–Crippen LogP) is 5.15. The number of benzene rings is 2. The molecule has 0 atom stereocenters. The lowest BCUT2D eigenvalue weighted by molar-refractivity contribution is -0.130. The van der Waals surface area contributed by atoms with Gasteiger partial charge in [-0.15, -0.1) is 0 Å². The number of methoxy groups -OCH3 is 1.